The summed E-state index contributed by atoms with van der Waals surface area (Å²) >= 11 is 0. The molecule has 1 atom stereocenters. The molecule has 0 fully saturated rings. The number of hydrogen-bond acceptors (Lipinski definition) is 4. The highest BCUT2D eigenvalue weighted by molar-refractivity contribution is 5.75. The van der Waals surface area contributed by atoms with Gasteiger partial charge in [-0.1, -0.05) is 0 Å². The Hall–Kier alpha value is -1.36. The van der Waals surface area contributed by atoms with Crippen molar-refractivity contribution in [2.75, 3.05) is 7.11 Å². The van der Waals surface area contributed by atoms with Gasteiger partial charge in [0.05, 0.1) is 7.11 Å². The standard InChI is InChI=1S/C7H11N3O2/c1-12-7(11)6(8)4-5-2-3-9-10-5/h2-3,6H,4,8H2,1H3,(H,9,10)/t6-/m1/s1. The molecule has 1 heterocycles. The summed E-state index contributed by atoms with van der Waals surface area (Å²) in [6.07, 6.45) is 2.03. The second kappa shape index (κ2) is 3.87. The van der Waals surface area contributed by atoms with E-state index in [4.69, 9.17) is 5.73 Å². The fourth-order valence-corrected chi connectivity index (χ4v) is 0.870. The van der Waals surface area contributed by atoms with Crippen molar-refractivity contribution >= 4 is 5.97 Å². The largest absolute Gasteiger partial charge is 0.468 e. The Morgan fingerprint density at radius 3 is 3.17 bits per heavy atom. The number of aromatic amines is 1. The van der Waals surface area contributed by atoms with Crippen LogP contribution in [0.5, 0.6) is 0 Å². The molecule has 0 aliphatic carbocycles. The average Bonchev–Trinajstić information content (AvgIpc) is 2.55. The van der Waals surface area contributed by atoms with Gasteiger partial charge in [0.2, 0.25) is 0 Å². The van der Waals surface area contributed by atoms with Crippen LogP contribution in [0.3, 0.4) is 0 Å². The number of esters is 1. The summed E-state index contributed by atoms with van der Waals surface area (Å²) in [5.74, 6) is -0.412. The molecule has 1 aromatic heterocycles. The molecule has 5 nitrogen and oxygen atoms in total. The molecule has 5 heteroatoms. The minimum atomic E-state index is -0.615. The summed E-state index contributed by atoms with van der Waals surface area (Å²) in [5, 5.41) is 6.44. The predicted octanol–water partition coefficient (Wildman–Crippen LogP) is -0.548. The normalized spacial score (nSPS) is 12.5. The van der Waals surface area contributed by atoms with Crippen molar-refractivity contribution in [1.82, 2.24) is 10.2 Å². The van der Waals surface area contributed by atoms with Crippen LogP contribution in [0.4, 0.5) is 0 Å². The maximum atomic E-state index is 10.9. The van der Waals surface area contributed by atoms with E-state index in [1.165, 1.54) is 7.11 Å². The van der Waals surface area contributed by atoms with Gasteiger partial charge in [0.25, 0.3) is 0 Å². The zero-order valence-corrected chi connectivity index (χ0v) is 6.78. The number of ether oxygens (including phenoxy) is 1. The highest BCUT2D eigenvalue weighted by Crippen LogP contribution is 1.97. The lowest BCUT2D eigenvalue weighted by Gasteiger charge is -2.06. The highest BCUT2D eigenvalue weighted by Gasteiger charge is 2.14. The quantitative estimate of drug-likeness (QED) is 0.595. The van der Waals surface area contributed by atoms with Crippen LogP contribution in [0.2, 0.25) is 0 Å². The molecule has 0 bridgehead atoms. The van der Waals surface area contributed by atoms with E-state index in [1.807, 2.05) is 0 Å². The third-order valence-corrected chi connectivity index (χ3v) is 1.50. The van der Waals surface area contributed by atoms with Crippen molar-refractivity contribution < 1.29 is 9.53 Å². The van der Waals surface area contributed by atoms with Crippen LogP contribution in [0.1, 0.15) is 5.69 Å². The van der Waals surface area contributed by atoms with Crippen LogP contribution >= 0.6 is 0 Å². The SMILES string of the molecule is COC(=O)[C@H](N)Cc1ccn[nH]1. The van der Waals surface area contributed by atoms with Crippen molar-refractivity contribution in [3.05, 3.63) is 18.0 Å². The highest BCUT2D eigenvalue weighted by atomic mass is 16.5. The number of nitrogens with zero attached hydrogens (tertiary/aromatic N) is 1. The maximum absolute atomic E-state index is 10.9. The Morgan fingerprint density at radius 1 is 1.92 bits per heavy atom. The number of aromatic nitrogens is 2. The van der Waals surface area contributed by atoms with Gasteiger partial charge in [0.15, 0.2) is 0 Å². The molecular formula is C7H11N3O2. The van der Waals surface area contributed by atoms with E-state index in [0.29, 0.717) is 6.42 Å². The Balaban J connectivity index is 2.47. The molecule has 66 valence electrons. The van der Waals surface area contributed by atoms with E-state index in [1.54, 1.807) is 12.3 Å². The van der Waals surface area contributed by atoms with Crippen LogP contribution in [0.15, 0.2) is 12.3 Å². The number of H-pyrrole nitrogens is 1. The lowest BCUT2D eigenvalue weighted by molar-refractivity contribution is -0.142. The summed E-state index contributed by atoms with van der Waals surface area (Å²) in [6, 6.07) is 1.15. The van der Waals surface area contributed by atoms with Crippen molar-refractivity contribution in [2.45, 2.75) is 12.5 Å². The number of methoxy groups -OCH3 is 1. The molecule has 0 radical (unpaired) electrons. The monoisotopic (exact) mass is 169 g/mol. The Bertz CT molecular complexity index is 245. The average molecular weight is 169 g/mol. The topological polar surface area (TPSA) is 81.0 Å². The molecule has 0 aliphatic rings. The van der Waals surface area contributed by atoms with Gasteiger partial charge in [0.1, 0.15) is 6.04 Å². The van der Waals surface area contributed by atoms with E-state index < -0.39 is 12.0 Å². The van der Waals surface area contributed by atoms with E-state index >= 15 is 0 Å². The van der Waals surface area contributed by atoms with Crippen LogP contribution < -0.4 is 5.73 Å². The van der Waals surface area contributed by atoms with Crippen LogP contribution in [0, 0.1) is 0 Å². The Morgan fingerprint density at radius 2 is 2.67 bits per heavy atom. The molecule has 0 spiro atoms. The minimum absolute atomic E-state index is 0.412. The van der Waals surface area contributed by atoms with E-state index in [2.05, 4.69) is 14.9 Å². The van der Waals surface area contributed by atoms with Crippen molar-refractivity contribution in [3.8, 4) is 0 Å². The molecule has 0 amide bonds. The molecule has 0 aliphatic heterocycles. The van der Waals surface area contributed by atoms with Crippen molar-refractivity contribution in [3.63, 3.8) is 0 Å². The molecule has 3 N–H and O–H groups in total. The number of nitrogens with two attached hydrogens (primary N) is 1. The molecule has 0 saturated heterocycles. The smallest absolute Gasteiger partial charge is 0.323 e. The van der Waals surface area contributed by atoms with Crippen molar-refractivity contribution in [2.24, 2.45) is 5.73 Å². The van der Waals surface area contributed by atoms with Gasteiger partial charge >= 0.3 is 5.97 Å². The van der Waals surface area contributed by atoms with Gasteiger partial charge in [-0.2, -0.15) is 5.10 Å². The molecule has 1 aromatic rings. The predicted molar refractivity (Wildman–Crippen MR) is 42.3 cm³/mol. The van der Waals surface area contributed by atoms with Gasteiger partial charge in [-0.05, 0) is 6.07 Å². The molecule has 0 aromatic carbocycles. The third-order valence-electron chi connectivity index (χ3n) is 1.50. The first-order chi connectivity index (χ1) is 5.74. The van der Waals surface area contributed by atoms with Crippen LogP contribution in [-0.2, 0) is 16.0 Å². The fraction of sp³-hybridized carbons (Fsp3) is 0.429. The first-order valence-corrected chi connectivity index (χ1v) is 3.55. The van der Waals surface area contributed by atoms with Gasteiger partial charge in [-0.3, -0.25) is 9.89 Å². The number of carbonyl (C=O) groups is 1. The number of hydrogen-bond donors (Lipinski definition) is 2. The van der Waals surface area contributed by atoms with E-state index in [-0.39, 0.29) is 0 Å². The maximum Gasteiger partial charge on any atom is 0.323 e. The number of carbonyl (C=O) groups excluding carboxylic acids is 1. The van der Waals surface area contributed by atoms with E-state index in [0.717, 1.165) is 5.69 Å². The zero-order valence-electron chi connectivity index (χ0n) is 6.78. The van der Waals surface area contributed by atoms with E-state index in [9.17, 15) is 4.79 Å². The van der Waals surface area contributed by atoms with Gasteiger partial charge < -0.3 is 10.5 Å². The lowest BCUT2D eigenvalue weighted by atomic mass is 10.2. The molecule has 12 heavy (non-hydrogen) atoms. The van der Waals surface area contributed by atoms with Crippen LogP contribution in [-0.4, -0.2) is 29.3 Å². The Labute approximate surface area is 69.9 Å². The lowest BCUT2D eigenvalue weighted by Crippen LogP contribution is -2.33. The molecule has 0 unspecified atom stereocenters. The summed E-state index contributed by atoms with van der Waals surface area (Å²) in [7, 11) is 1.31. The molecule has 0 saturated carbocycles. The number of rotatable bonds is 3. The van der Waals surface area contributed by atoms with Gasteiger partial charge in [-0.25, -0.2) is 0 Å². The van der Waals surface area contributed by atoms with Gasteiger partial charge in [0, 0.05) is 18.3 Å². The third kappa shape index (κ3) is 2.06. The zero-order chi connectivity index (χ0) is 8.97. The Kier molecular flexibility index (Phi) is 2.82. The van der Waals surface area contributed by atoms with Gasteiger partial charge in [-0.15, -0.1) is 0 Å². The van der Waals surface area contributed by atoms with Crippen LogP contribution in [0.25, 0.3) is 0 Å². The molecule has 1 rings (SSSR count). The number of nitrogens with one attached hydrogen (secondary N) is 1. The summed E-state index contributed by atoms with van der Waals surface area (Å²) < 4.78 is 4.46. The summed E-state index contributed by atoms with van der Waals surface area (Å²) in [6.45, 7) is 0. The first kappa shape index (κ1) is 8.73. The minimum Gasteiger partial charge on any atom is -0.468 e. The summed E-state index contributed by atoms with van der Waals surface area (Å²) in [5.41, 5.74) is 6.32. The summed E-state index contributed by atoms with van der Waals surface area (Å²) in [4.78, 5) is 10.9. The first-order valence-electron chi connectivity index (χ1n) is 3.55. The second-order valence-electron chi connectivity index (χ2n) is 2.42. The van der Waals surface area contributed by atoms with Crippen molar-refractivity contribution in [1.29, 1.82) is 0 Å². The second-order valence-corrected chi connectivity index (χ2v) is 2.42. The fourth-order valence-electron chi connectivity index (χ4n) is 0.870. The molecular weight excluding hydrogens is 158 g/mol.